The lowest BCUT2D eigenvalue weighted by Crippen LogP contribution is -2.48. The van der Waals surface area contributed by atoms with Crippen LogP contribution in [0.4, 0.5) is 0 Å². The molecule has 0 radical (unpaired) electrons. The van der Waals surface area contributed by atoms with Gasteiger partial charge in [-0.3, -0.25) is 14.4 Å². The molecule has 0 heterocycles. The highest BCUT2D eigenvalue weighted by Gasteiger charge is 2.22. The van der Waals surface area contributed by atoms with E-state index in [1.165, 1.54) is 0 Å². The van der Waals surface area contributed by atoms with Gasteiger partial charge >= 0.3 is 0 Å². The number of nitrogens with two attached hydrogens (primary N) is 1. The number of nitrogens with one attached hydrogen (secondary N) is 2. The highest BCUT2D eigenvalue weighted by molar-refractivity contribution is 5.91. The Labute approximate surface area is 161 Å². The average molecular weight is 377 g/mol. The van der Waals surface area contributed by atoms with Crippen LogP contribution in [0.25, 0.3) is 0 Å². The van der Waals surface area contributed by atoms with Crippen LogP contribution in [0.15, 0.2) is 30.3 Å². The molecule has 7 heteroatoms. The van der Waals surface area contributed by atoms with E-state index in [9.17, 15) is 14.4 Å². The van der Waals surface area contributed by atoms with Crippen LogP contribution in [-0.2, 0) is 25.5 Å². The van der Waals surface area contributed by atoms with Crippen molar-refractivity contribution in [1.82, 2.24) is 10.6 Å². The Balaban J connectivity index is 2.44. The zero-order valence-corrected chi connectivity index (χ0v) is 16.6. The third-order valence-electron chi connectivity index (χ3n) is 3.73. The van der Waals surface area contributed by atoms with Crippen molar-refractivity contribution in [2.24, 2.45) is 5.73 Å². The molecule has 0 spiro atoms. The van der Waals surface area contributed by atoms with Gasteiger partial charge in [-0.2, -0.15) is 0 Å². The molecule has 0 aromatic heterocycles. The van der Waals surface area contributed by atoms with Crippen LogP contribution in [0.1, 0.15) is 46.1 Å². The van der Waals surface area contributed by atoms with Crippen molar-refractivity contribution in [2.75, 3.05) is 6.61 Å². The number of amides is 3. The fourth-order valence-corrected chi connectivity index (χ4v) is 2.33. The molecule has 2 atom stereocenters. The summed E-state index contributed by atoms with van der Waals surface area (Å²) >= 11 is 0. The summed E-state index contributed by atoms with van der Waals surface area (Å²) in [4.78, 5) is 35.8. The van der Waals surface area contributed by atoms with Gasteiger partial charge in [0.25, 0.3) is 0 Å². The van der Waals surface area contributed by atoms with Crippen molar-refractivity contribution in [2.45, 2.75) is 64.6 Å². The van der Waals surface area contributed by atoms with Crippen molar-refractivity contribution >= 4 is 17.7 Å². The molecule has 7 nitrogen and oxygen atoms in total. The number of aryl methyl sites for hydroxylation is 1. The summed E-state index contributed by atoms with van der Waals surface area (Å²) in [6.45, 7) is 7.93. The second-order valence-corrected chi connectivity index (χ2v) is 7.60. The molecule has 3 amide bonds. The standard InChI is InChI=1S/C20H31N3O4/c1-14(13-27-20(2,3)4)22-18(25)12-16(19(21)26)23-17(24)11-10-15-8-6-5-7-9-15/h5-9,14,16H,10-13H2,1-4H3,(H2,21,26)(H,22,25)(H,23,24)/t14?,16-/m0/s1. The van der Waals surface area contributed by atoms with Crippen LogP contribution in [0.3, 0.4) is 0 Å². The summed E-state index contributed by atoms with van der Waals surface area (Å²) in [6.07, 6.45) is 0.559. The summed E-state index contributed by atoms with van der Waals surface area (Å²) in [5.41, 5.74) is 6.05. The number of rotatable bonds is 10. The van der Waals surface area contributed by atoms with Gasteiger partial charge in [0.05, 0.1) is 18.6 Å². The first-order chi connectivity index (χ1) is 12.6. The van der Waals surface area contributed by atoms with E-state index >= 15 is 0 Å². The van der Waals surface area contributed by atoms with E-state index in [0.717, 1.165) is 5.56 Å². The SMILES string of the molecule is CC(COC(C)(C)C)NC(=O)C[C@H](NC(=O)CCc1ccccc1)C(N)=O. The summed E-state index contributed by atoms with van der Waals surface area (Å²) in [5, 5.41) is 5.29. The van der Waals surface area contributed by atoms with Gasteiger partial charge in [-0.1, -0.05) is 30.3 Å². The van der Waals surface area contributed by atoms with Crippen LogP contribution >= 0.6 is 0 Å². The van der Waals surface area contributed by atoms with E-state index in [1.807, 2.05) is 51.1 Å². The first kappa shape index (κ1) is 22.6. The molecule has 4 N–H and O–H groups in total. The van der Waals surface area contributed by atoms with E-state index < -0.39 is 11.9 Å². The van der Waals surface area contributed by atoms with E-state index in [0.29, 0.717) is 13.0 Å². The molecule has 0 bridgehead atoms. The lowest BCUT2D eigenvalue weighted by Gasteiger charge is -2.23. The average Bonchev–Trinajstić information content (AvgIpc) is 2.58. The Morgan fingerprint density at radius 1 is 1.07 bits per heavy atom. The maximum Gasteiger partial charge on any atom is 0.240 e. The Morgan fingerprint density at radius 2 is 1.70 bits per heavy atom. The molecule has 0 saturated carbocycles. The van der Waals surface area contributed by atoms with Gasteiger partial charge in [-0.15, -0.1) is 0 Å². The van der Waals surface area contributed by atoms with Crippen LogP contribution in [0.5, 0.6) is 0 Å². The van der Waals surface area contributed by atoms with Crippen LogP contribution in [0, 0.1) is 0 Å². The molecule has 0 fully saturated rings. The molecule has 150 valence electrons. The molecule has 0 saturated heterocycles. The third kappa shape index (κ3) is 10.4. The minimum absolute atomic E-state index is 0.202. The number of carbonyl (C=O) groups is 3. The largest absolute Gasteiger partial charge is 0.374 e. The molecule has 0 aliphatic rings. The number of ether oxygens (including phenoxy) is 1. The topological polar surface area (TPSA) is 111 Å². The Hall–Kier alpha value is -2.41. The fourth-order valence-electron chi connectivity index (χ4n) is 2.33. The predicted molar refractivity (Wildman–Crippen MR) is 104 cm³/mol. The monoisotopic (exact) mass is 377 g/mol. The van der Waals surface area contributed by atoms with Gasteiger partial charge in [0.2, 0.25) is 17.7 Å². The fraction of sp³-hybridized carbons (Fsp3) is 0.550. The van der Waals surface area contributed by atoms with E-state index in [4.69, 9.17) is 10.5 Å². The number of hydrogen-bond acceptors (Lipinski definition) is 4. The Kier molecular flexibility index (Phi) is 8.94. The maximum absolute atomic E-state index is 12.1. The Morgan fingerprint density at radius 3 is 2.26 bits per heavy atom. The first-order valence-corrected chi connectivity index (χ1v) is 9.13. The molecule has 27 heavy (non-hydrogen) atoms. The van der Waals surface area contributed by atoms with E-state index in [2.05, 4.69) is 10.6 Å². The maximum atomic E-state index is 12.1. The molecule has 1 unspecified atom stereocenters. The zero-order chi connectivity index (χ0) is 20.4. The van der Waals surface area contributed by atoms with Crippen LogP contribution in [0.2, 0.25) is 0 Å². The highest BCUT2D eigenvalue weighted by Crippen LogP contribution is 2.07. The molecular formula is C20H31N3O4. The van der Waals surface area contributed by atoms with Gasteiger partial charge in [-0.05, 0) is 39.7 Å². The number of primary amides is 1. The van der Waals surface area contributed by atoms with Crippen LogP contribution in [-0.4, -0.2) is 42.0 Å². The Bertz CT molecular complexity index is 626. The summed E-state index contributed by atoms with van der Waals surface area (Å²) in [6, 6.07) is 8.28. The minimum Gasteiger partial charge on any atom is -0.374 e. The van der Waals surface area contributed by atoms with Crippen molar-refractivity contribution in [3.05, 3.63) is 35.9 Å². The molecule has 0 aliphatic heterocycles. The van der Waals surface area contributed by atoms with Crippen molar-refractivity contribution < 1.29 is 19.1 Å². The lowest BCUT2D eigenvalue weighted by molar-refractivity contribution is -0.130. The minimum atomic E-state index is -1.04. The van der Waals surface area contributed by atoms with Gasteiger partial charge in [0.15, 0.2) is 0 Å². The van der Waals surface area contributed by atoms with Crippen molar-refractivity contribution in [3.8, 4) is 0 Å². The van der Waals surface area contributed by atoms with E-state index in [1.54, 1.807) is 6.92 Å². The van der Waals surface area contributed by atoms with Gasteiger partial charge < -0.3 is 21.1 Å². The summed E-state index contributed by atoms with van der Waals surface area (Å²) in [7, 11) is 0. The first-order valence-electron chi connectivity index (χ1n) is 9.13. The highest BCUT2D eigenvalue weighted by atomic mass is 16.5. The van der Waals surface area contributed by atoms with Crippen molar-refractivity contribution in [3.63, 3.8) is 0 Å². The molecule has 1 aromatic rings. The van der Waals surface area contributed by atoms with Gasteiger partial charge in [0, 0.05) is 12.5 Å². The summed E-state index contributed by atoms with van der Waals surface area (Å²) in [5.74, 6) is -1.43. The van der Waals surface area contributed by atoms with Gasteiger partial charge in [0.1, 0.15) is 6.04 Å². The van der Waals surface area contributed by atoms with Gasteiger partial charge in [-0.25, -0.2) is 0 Å². The number of benzene rings is 1. The van der Waals surface area contributed by atoms with Crippen molar-refractivity contribution in [1.29, 1.82) is 0 Å². The predicted octanol–water partition coefficient (Wildman–Crippen LogP) is 1.30. The molecular weight excluding hydrogens is 346 g/mol. The normalized spacial score (nSPS) is 13.5. The number of carbonyl (C=O) groups excluding carboxylic acids is 3. The molecule has 0 aliphatic carbocycles. The quantitative estimate of drug-likeness (QED) is 0.571. The third-order valence-corrected chi connectivity index (χ3v) is 3.73. The van der Waals surface area contributed by atoms with Crippen LogP contribution < -0.4 is 16.4 Å². The lowest BCUT2D eigenvalue weighted by atomic mass is 10.1. The molecule has 1 aromatic carbocycles. The summed E-state index contributed by atoms with van der Waals surface area (Å²) < 4.78 is 5.61. The zero-order valence-electron chi connectivity index (χ0n) is 16.6. The smallest absolute Gasteiger partial charge is 0.240 e. The van der Waals surface area contributed by atoms with E-state index in [-0.39, 0.29) is 36.3 Å². The second kappa shape index (κ2) is 10.7. The number of hydrogen-bond donors (Lipinski definition) is 3. The molecule has 1 rings (SSSR count). The second-order valence-electron chi connectivity index (χ2n) is 7.60.